The van der Waals surface area contributed by atoms with E-state index >= 15 is 0 Å². The number of nitrogens with one attached hydrogen (secondary N) is 3. The lowest BCUT2D eigenvalue weighted by Gasteiger charge is -2.29. The van der Waals surface area contributed by atoms with Gasteiger partial charge in [-0.05, 0) is 36.1 Å². The summed E-state index contributed by atoms with van der Waals surface area (Å²) < 4.78 is 0. The quantitative estimate of drug-likeness (QED) is 0.668. The molecule has 3 amide bonds. The maximum Gasteiger partial charge on any atom is 0.255 e. The molecule has 3 aliphatic heterocycles. The van der Waals surface area contributed by atoms with Crippen LogP contribution >= 0.6 is 0 Å². The Morgan fingerprint density at radius 3 is 2.81 bits per heavy atom. The zero-order chi connectivity index (χ0) is 18.3. The Bertz CT molecular complexity index is 763. The molecule has 1 unspecified atom stereocenters. The first-order valence-electron chi connectivity index (χ1n) is 9.23. The van der Waals surface area contributed by atoms with Crippen LogP contribution in [-0.2, 0) is 22.7 Å². The molecule has 0 radical (unpaired) electrons. The molecule has 0 aliphatic carbocycles. The maximum absolute atomic E-state index is 12.7. The number of benzene rings is 1. The first-order valence-corrected chi connectivity index (χ1v) is 9.23. The normalized spacial score (nSPS) is 28.4. The van der Waals surface area contributed by atoms with Crippen molar-refractivity contribution < 1.29 is 14.4 Å². The Kier molecular flexibility index (Phi) is 4.50. The first kappa shape index (κ1) is 17.2. The van der Waals surface area contributed by atoms with Crippen molar-refractivity contribution in [2.24, 2.45) is 5.92 Å². The smallest absolute Gasteiger partial charge is 0.255 e. The van der Waals surface area contributed by atoms with Gasteiger partial charge in [0.1, 0.15) is 6.04 Å². The van der Waals surface area contributed by atoms with Crippen LogP contribution < -0.4 is 16.0 Å². The zero-order valence-corrected chi connectivity index (χ0v) is 14.9. The highest BCUT2D eigenvalue weighted by Gasteiger charge is 2.39. The fraction of sp³-hybridized carbons (Fsp3) is 0.526. The van der Waals surface area contributed by atoms with Crippen molar-refractivity contribution in [1.29, 1.82) is 0 Å². The van der Waals surface area contributed by atoms with E-state index in [1.54, 1.807) is 4.90 Å². The van der Waals surface area contributed by atoms with Gasteiger partial charge in [-0.25, -0.2) is 0 Å². The van der Waals surface area contributed by atoms with Gasteiger partial charge in [-0.3, -0.25) is 19.7 Å². The predicted octanol–water partition coefficient (Wildman–Crippen LogP) is 0.145. The summed E-state index contributed by atoms with van der Waals surface area (Å²) in [5.41, 5.74) is 2.76. The lowest BCUT2D eigenvalue weighted by molar-refractivity contribution is -0.136. The second-order valence-corrected chi connectivity index (χ2v) is 7.51. The van der Waals surface area contributed by atoms with E-state index in [4.69, 9.17) is 0 Å². The minimum atomic E-state index is -0.556. The van der Waals surface area contributed by atoms with Gasteiger partial charge in [0.2, 0.25) is 11.8 Å². The van der Waals surface area contributed by atoms with Crippen LogP contribution in [0.25, 0.3) is 0 Å². The lowest BCUT2D eigenvalue weighted by atomic mass is 10.0. The molecule has 3 heterocycles. The van der Waals surface area contributed by atoms with Crippen molar-refractivity contribution in [2.45, 2.75) is 44.9 Å². The van der Waals surface area contributed by atoms with E-state index in [2.05, 4.69) is 28.9 Å². The summed E-state index contributed by atoms with van der Waals surface area (Å²) in [5.74, 6) is -0.150. The van der Waals surface area contributed by atoms with Gasteiger partial charge in [-0.15, -0.1) is 0 Å². The first-order chi connectivity index (χ1) is 12.5. The van der Waals surface area contributed by atoms with Gasteiger partial charge in [0.15, 0.2) is 0 Å². The number of rotatable bonds is 4. The minimum Gasteiger partial charge on any atom is -0.322 e. The number of piperidine rings is 1. The van der Waals surface area contributed by atoms with Crippen molar-refractivity contribution in [2.75, 3.05) is 13.1 Å². The summed E-state index contributed by atoms with van der Waals surface area (Å²) in [4.78, 5) is 37.7. The second-order valence-electron chi connectivity index (χ2n) is 7.51. The number of nitrogens with zero attached hydrogens (tertiary/aromatic N) is 1. The largest absolute Gasteiger partial charge is 0.322 e. The Morgan fingerprint density at radius 1 is 1.23 bits per heavy atom. The summed E-state index contributed by atoms with van der Waals surface area (Å²) in [6.07, 6.45) is 0.671. The topological polar surface area (TPSA) is 90.5 Å². The van der Waals surface area contributed by atoms with Gasteiger partial charge < -0.3 is 15.5 Å². The van der Waals surface area contributed by atoms with Crippen LogP contribution in [0.15, 0.2) is 18.2 Å². The molecule has 0 saturated carbocycles. The minimum absolute atomic E-state index is 0.123. The van der Waals surface area contributed by atoms with E-state index in [1.165, 1.54) is 0 Å². The predicted molar refractivity (Wildman–Crippen MR) is 95.1 cm³/mol. The molecule has 0 bridgehead atoms. The van der Waals surface area contributed by atoms with E-state index in [0.29, 0.717) is 30.5 Å². The fourth-order valence-corrected chi connectivity index (χ4v) is 4.07. The van der Waals surface area contributed by atoms with Gasteiger partial charge in [0, 0.05) is 37.7 Å². The monoisotopic (exact) mass is 356 g/mol. The van der Waals surface area contributed by atoms with E-state index in [1.807, 2.05) is 12.1 Å². The van der Waals surface area contributed by atoms with Crippen LogP contribution in [0.1, 0.15) is 41.3 Å². The molecule has 7 heteroatoms. The summed E-state index contributed by atoms with van der Waals surface area (Å²) in [5, 5.41) is 9.29. The molecule has 3 aliphatic rings. The van der Waals surface area contributed by atoms with Gasteiger partial charge >= 0.3 is 0 Å². The third-order valence-electron chi connectivity index (χ3n) is 5.67. The number of hydrogen-bond donors (Lipinski definition) is 3. The Hall–Kier alpha value is -2.25. The summed E-state index contributed by atoms with van der Waals surface area (Å²) in [7, 11) is 0. The highest BCUT2D eigenvalue weighted by molar-refractivity contribution is 6.05. The van der Waals surface area contributed by atoms with Crippen molar-refractivity contribution >= 4 is 17.7 Å². The molecule has 1 aromatic rings. The maximum atomic E-state index is 12.7. The average molecular weight is 356 g/mol. The Labute approximate surface area is 152 Å². The van der Waals surface area contributed by atoms with Crippen LogP contribution in [0.2, 0.25) is 0 Å². The van der Waals surface area contributed by atoms with E-state index in [0.717, 1.165) is 30.8 Å². The van der Waals surface area contributed by atoms with Crippen molar-refractivity contribution in [1.82, 2.24) is 20.9 Å². The number of fused-ring (bicyclic) bond motifs is 1. The summed E-state index contributed by atoms with van der Waals surface area (Å²) in [6.45, 7) is 5.44. The highest BCUT2D eigenvalue weighted by Crippen LogP contribution is 2.28. The number of hydrogen-bond acceptors (Lipinski definition) is 5. The van der Waals surface area contributed by atoms with Crippen molar-refractivity contribution in [3.05, 3.63) is 34.9 Å². The van der Waals surface area contributed by atoms with Crippen LogP contribution in [-0.4, -0.2) is 47.8 Å². The van der Waals surface area contributed by atoms with Gasteiger partial charge in [0.05, 0.1) is 0 Å². The summed E-state index contributed by atoms with van der Waals surface area (Å²) in [6, 6.07) is 5.80. The standard InChI is InChI=1S/C19H24N4O3/c1-11-7-20-9-15(11)21-8-12-2-3-14-13(6-12)10-23(19(14)26)16-4-5-17(24)22-18(16)25/h2-3,6,11,15-16,20-21H,4-5,7-10H2,1H3,(H,22,24,25)/t11-,15+,16?/m1/s1. The molecule has 1 aromatic carbocycles. The van der Waals surface area contributed by atoms with Crippen molar-refractivity contribution in [3.63, 3.8) is 0 Å². The summed E-state index contributed by atoms with van der Waals surface area (Å²) >= 11 is 0. The number of imide groups is 1. The number of carbonyl (C=O) groups is 3. The molecular formula is C19H24N4O3. The van der Waals surface area contributed by atoms with Crippen LogP contribution in [0.3, 0.4) is 0 Å². The SMILES string of the molecule is C[C@@H]1CNC[C@@H]1NCc1ccc2c(c1)CN(C1CCC(=O)NC1=O)C2=O. The zero-order valence-electron chi connectivity index (χ0n) is 14.9. The number of carbonyl (C=O) groups excluding carboxylic acids is 3. The third-order valence-corrected chi connectivity index (χ3v) is 5.67. The van der Waals surface area contributed by atoms with Gasteiger partial charge in [-0.1, -0.05) is 19.1 Å². The van der Waals surface area contributed by atoms with E-state index < -0.39 is 6.04 Å². The van der Waals surface area contributed by atoms with Gasteiger partial charge in [0.25, 0.3) is 5.91 Å². The third kappa shape index (κ3) is 3.12. The number of amides is 3. The van der Waals surface area contributed by atoms with Crippen molar-refractivity contribution in [3.8, 4) is 0 Å². The molecule has 3 N–H and O–H groups in total. The molecule has 0 spiro atoms. The van der Waals surface area contributed by atoms with Gasteiger partial charge in [-0.2, -0.15) is 0 Å². The second kappa shape index (κ2) is 6.81. The lowest BCUT2D eigenvalue weighted by Crippen LogP contribution is -2.52. The van der Waals surface area contributed by atoms with Crippen LogP contribution in [0.5, 0.6) is 0 Å². The molecule has 2 fully saturated rings. The Morgan fingerprint density at radius 2 is 2.08 bits per heavy atom. The fourth-order valence-electron chi connectivity index (χ4n) is 4.07. The molecule has 138 valence electrons. The Balaban J connectivity index is 1.44. The molecular weight excluding hydrogens is 332 g/mol. The molecule has 0 aromatic heterocycles. The molecule has 4 rings (SSSR count). The molecule has 3 atom stereocenters. The molecule has 26 heavy (non-hydrogen) atoms. The van der Waals surface area contributed by atoms with Crippen LogP contribution in [0, 0.1) is 5.92 Å². The van der Waals surface area contributed by atoms with E-state index in [9.17, 15) is 14.4 Å². The molecule has 2 saturated heterocycles. The molecule has 7 nitrogen and oxygen atoms in total. The average Bonchev–Trinajstić information content (AvgIpc) is 3.16. The highest BCUT2D eigenvalue weighted by atomic mass is 16.2. The van der Waals surface area contributed by atoms with E-state index in [-0.39, 0.29) is 24.1 Å². The van der Waals surface area contributed by atoms with Crippen LogP contribution in [0.4, 0.5) is 0 Å².